The maximum Gasteiger partial charge on any atom is 0.335 e. The summed E-state index contributed by atoms with van der Waals surface area (Å²) in [5, 5.41) is 20.5. The number of benzene rings is 2. The summed E-state index contributed by atoms with van der Waals surface area (Å²) in [5.41, 5.74) is 2.36. The Hall–Kier alpha value is -3.72. The number of aromatic amines is 1. The van der Waals surface area contributed by atoms with Crippen LogP contribution >= 0.6 is 0 Å². The molecule has 0 amide bonds. The fourth-order valence-corrected chi connectivity index (χ4v) is 2.86. The highest BCUT2D eigenvalue weighted by molar-refractivity contribution is 5.93. The number of hydrogen-bond acceptors (Lipinski definition) is 6. The molecular formula is C20H16FN3O5. The van der Waals surface area contributed by atoms with Crippen molar-refractivity contribution in [2.45, 2.75) is 0 Å². The molecule has 0 aliphatic heterocycles. The molecule has 0 fully saturated rings. The predicted molar refractivity (Wildman–Crippen MR) is 101 cm³/mol. The number of hydrogen-bond donors (Lipinski definition) is 2. The van der Waals surface area contributed by atoms with Gasteiger partial charge in [0.1, 0.15) is 18.0 Å². The van der Waals surface area contributed by atoms with E-state index in [0.29, 0.717) is 40.2 Å². The highest BCUT2D eigenvalue weighted by Crippen LogP contribution is 2.32. The first-order chi connectivity index (χ1) is 14.1. The van der Waals surface area contributed by atoms with Crippen LogP contribution in [0.3, 0.4) is 0 Å². The Labute approximate surface area is 163 Å². The number of aromatic carboxylic acids is 1. The van der Waals surface area contributed by atoms with Crippen molar-refractivity contribution in [1.29, 1.82) is 0 Å². The van der Waals surface area contributed by atoms with E-state index < -0.39 is 11.8 Å². The molecule has 2 heterocycles. The molecule has 0 aliphatic rings. The van der Waals surface area contributed by atoms with Crippen molar-refractivity contribution in [3.63, 3.8) is 0 Å². The third-order valence-corrected chi connectivity index (χ3v) is 4.33. The standard InChI is InChI=1S/C20H16FN3O5/c1-27-6-7-28-17-10-16-13(8-14(17)21)19(23-22-16)18-9-15(24-29-18)11-2-4-12(5-3-11)20(25)26/h2-5,8-10H,6-7H2,1H3,(H,22,23)(H,25,26). The van der Waals surface area contributed by atoms with E-state index in [1.165, 1.54) is 31.4 Å². The molecule has 2 aromatic heterocycles. The smallest absolute Gasteiger partial charge is 0.335 e. The number of rotatable bonds is 7. The van der Waals surface area contributed by atoms with Gasteiger partial charge in [0, 0.05) is 30.2 Å². The number of nitrogens with one attached hydrogen (secondary N) is 1. The summed E-state index contributed by atoms with van der Waals surface area (Å²) in [6.07, 6.45) is 0. The average Bonchev–Trinajstić information content (AvgIpc) is 3.35. The monoisotopic (exact) mass is 397 g/mol. The quantitative estimate of drug-likeness (QED) is 0.457. The van der Waals surface area contributed by atoms with Gasteiger partial charge in [-0.2, -0.15) is 5.10 Å². The Morgan fingerprint density at radius 1 is 1.21 bits per heavy atom. The van der Waals surface area contributed by atoms with Crippen molar-refractivity contribution in [3.8, 4) is 28.5 Å². The summed E-state index contributed by atoms with van der Waals surface area (Å²) >= 11 is 0. The van der Waals surface area contributed by atoms with Gasteiger partial charge in [-0.3, -0.25) is 5.10 Å². The topological polar surface area (TPSA) is 110 Å². The number of carbonyl (C=O) groups is 1. The highest BCUT2D eigenvalue weighted by Gasteiger charge is 2.17. The van der Waals surface area contributed by atoms with E-state index in [0.717, 1.165) is 0 Å². The number of fused-ring (bicyclic) bond motifs is 1. The predicted octanol–water partition coefficient (Wildman–Crippen LogP) is 3.75. The SMILES string of the molecule is COCCOc1cc2[nH]nc(-c3cc(-c4ccc(C(=O)O)cc4)no3)c2cc1F. The molecule has 0 bridgehead atoms. The van der Waals surface area contributed by atoms with E-state index in [1.807, 2.05) is 0 Å². The maximum absolute atomic E-state index is 14.4. The second-order valence-corrected chi connectivity index (χ2v) is 6.20. The van der Waals surface area contributed by atoms with Gasteiger partial charge in [-0.05, 0) is 18.2 Å². The van der Waals surface area contributed by atoms with Gasteiger partial charge < -0.3 is 19.1 Å². The van der Waals surface area contributed by atoms with Crippen molar-refractivity contribution >= 4 is 16.9 Å². The second kappa shape index (κ2) is 7.72. The molecule has 29 heavy (non-hydrogen) atoms. The van der Waals surface area contributed by atoms with Crippen LogP contribution in [-0.2, 0) is 4.74 Å². The Kier molecular flexibility index (Phi) is 4.96. The fourth-order valence-electron chi connectivity index (χ4n) is 2.86. The van der Waals surface area contributed by atoms with Crippen LogP contribution in [0.1, 0.15) is 10.4 Å². The Morgan fingerprint density at radius 2 is 2.00 bits per heavy atom. The largest absolute Gasteiger partial charge is 0.488 e. The van der Waals surface area contributed by atoms with Crippen molar-refractivity contribution in [2.24, 2.45) is 0 Å². The van der Waals surface area contributed by atoms with Gasteiger partial charge in [0.05, 0.1) is 17.7 Å². The summed E-state index contributed by atoms with van der Waals surface area (Å²) < 4.78 is 30.0. The normalized spacial score (nSPS) is 11.1. The van der Waals surface area contributed by atoms with Crippen molar-refractivity contribution in [2.75, 3.05) is 20.3 Å². The Bertz CT molecular complexity index is 1170. The lowest BCUT2D eigenvalue weighted by Gasteiger charge is -2.06. The zero-order chi connectivity index (χ0) is 20.4. The van der Waals surface area contributed by atoms with Crippen molar-refractivity contribution < 1.29 is 28.3 Å². The van der Waals surface area contributed by atoms with Crippen molar-refractivity contribution in [3.05, 3.63) is 53.8 Å². The number of nitrogens with zero attached hydrogens (tertiary/aromatic N) is 2. The highest BCUT2D eigenvalue weighted by atomic mass is 19.1. The third kappa shape index (κ3) is 3.67. The van der Waals surface area contributed by atoms with Crippen LogP contribution in [0, 0.1) is 5.82 Å². The van der Waals surface area contributed by atoms with Crippen LogP contribution in [0.15, 0.2) is 47.0 Å². The average molecular weight is 397 g/mol. The summed E-state index contributed by atoms with van der Waals surface area (Å²) in [4.78, 5) is 11.0. The van der Waals surface area contributed by atoms with Gasteiger partial charge in [-0.1, -0.05) is 17.3 Å². The molecule has 0 unspecified atom stereocenters. The number of methoxy groups -OCH3 is 1. The van der Waals surface area contributed by atoms with Crippen LogP contribution < -0.4 is 4.74 Å². The number of aromatic nitrogens is 3. The van der Waals surface area contributed by atoms with Gasteiger partial charge in [-0.15, -0.1) is 0 Å². The molecule has 8 nitrogen and oxygen atoms in total. The molecule has 0 spiro atoms. The molecule has 2 N–H and O–H groups in total. The minimum absolute atomic E-state index is 0.0986. The second-order valence-electron chi connectivity index (χ2n) is 6.20. The summed E-state index contributed by atoms with van der Waals surface area (Å²) in [5.74, 6) is -1.09. The van der Waals surface area contributed by atoms with Crippen LogP contribution in [-0.4, -0.2) is 46.8 Å². The molecule has 4 rings (SSSR count). The Balaban J connectivity index is 1.63. The van der Waals surface area contributed by atoms with Crippen LogP contribution in [0.4, 0.5) is 4.39 Å². The van der Waals surface area contributed by atoms with Gasteiger partial charge in [-0.25, -0.2) is 9.18 Å². The molecule has 0 aliphatic carbocycles. The molecule has 0 radical (unpaired) electrons. The van der Waals surface area contributed by atoms with Crippen LogP contribution in [0.25, 0.3) is 33.6 Å². The van der Waals surface area contributed by atoms with Crippen molar-refractivity contribution in [1.82, 2.24) is 15.4 Å². The van der Waals surface area contributed by atoms with E-state index in [4.69, 9.17) is 19.1 Å². The van der Waals surface area contributed by atoms with E-state index in [-0.39, 0.29) is 17.9 Å². The molecule has 0 atom stereocenters. The molecule has 0 saturated carbocycles. The van der Waals surface area contributed by atoms with E-state index >= 15 is 0 Å². The van der Waals surface area contributed by atoms with E-state index in [1.54, 1.807) is 18.2 Å². The lowest BCUT2D eigenvalue weighted by atomic mass is 10.1. The maximum atomic E-state index is 14.4. The zero-order valence-corrected chi connectivity index (χ0v) is 15.3. The van der Waals surface area contributed by atoms with Crippen LogP contribution in [0.5, 0.6) is 5.75 Å². The van der Waals surface area contributed by atoms with Gasteiger partial charge >= 0.3 is 5.97 Å². The first kappa shape index (κ1) is 18.6. The number of halogens is 1. The lowest BCUT2D eigenvalue weighted by Crippen LogP contribution is -2.05. The van der Waals surface area contributed by atoms with Gasteiger partial charge in [0.25, 0.3) is 0 Å². The summed E-state index contributed by atoms with van der Waals surface area (Å²) in [6, 6.07) is 10.7. The zero-order valence-electron chi connectivity index (χ0n) is 15.3. The van der Waals surface area contributed by atoms with Gasteiger partial charge in [0.15, 0.2) is 17.3 Å². The number of H-pyrrole nitrogens is 1. The Morgan fingerprint density at radius 3 is 2.72 bits per heavy atom. The third-order valence-electron chi connectivity index (χ3n) is 4.33. The van der Waals surface area contributed by atoms with Gasteiger partial charge in [0.2, 0.25) is 0 Å². The molecular weight excluding hydrogens is 381 g/mol. The van der Waals surface area contributed by atoms with E-state index in [2.05, 4.69) is 15.4 Å². The summed E-state index contributed by atoms with van der Waals surface area (Å²) in [6.45, 7) is 0.575. The number of carboxylic acids is 1. The first-order valence-electron chi connectivity index (χ1n) is 8.67. The molecule has 9 heteroatoms. The molecule has 2 aromatic carbocycles. The lowest BCUT2D eigenvalue weighted by molar-refractivity contribution is 0.0697. The minimum atomic E-state index is -1.01. The molecule has 0 saturated heterocycles. The minimum Gasteiger partial charge on any atom is -0.488 e. The fraction of sp³-hybridized carbons (Fsp3) is 0.150. The molecule has 4 aromatic rings. The number of carboxylic acid groups (broad SMARTS) is 1. The first-order valence-corrected chi connectivity index (χ1v) is 8.67. The summed E-state index contributed by atoms with van der Waals surface area (Å²) in [7, 11) is 1.54. The molecule has 148 valence electrons. The van der Waals surface area contributed by atoms with E-state index in [9.17, 15) is 9.18 Å². The number of ether oxygens (including phenoxy) is 2. The van der Waals surface area contributed by atoms with Crippen LogP contribution in [0.2, 0.25) is 0 Å².